The Morgan fingerprint density at radius 2 is 2.36 bits per heavy atom. The van der Waals surface area contributed by atoms with Gasteiger partial charge in [0.15, 0.2) is 0 Å². The predicted octanol–water partition coefficient (Wildman–Crippen LogP) is 1.21. The van der Waals surface area contributed by atoms with Crippen molar-refractivity contribution in [1.29, 1.82) is 0 Å². The molecule has 1 amide bonds. The zero-order valence-electron chi connectivity index (χ0n) is 9.10. The van der Waals surface area contributed by atoms with Gasteiger partial charge in [-0.1, -0.05) is 5.57 Å². The quantitative estimate of drug-likeness (QED) is 0.664. The molecule has 3 heteroatoms. The lowest BCUT2D eigenvalue weighted by atomic mass is 10.1. The molecule has 0 aromatic heterocycles. The van der Waals surface area contributed by atoms with Gasteiger partial charge in [0, 0.05) is 18.7 Å². The largest absolute Gasteiger partial charge is 0.352 e. The number of nitrogens with one attached hydrogen (secondary N) is 2. The zero-order valence-corrected chi connectivity index (χ0v) is 9.10. The molecule has 14 heavy (non-hydrogen) atoms. The average molecular weight is 196 g/mol. The smallest absolute Gasteiger partial charge is 0.243 e. The molecule has 0 spiro atoms. The third kappa shape index (κ3) is 4.42. The molecule has 0 unspecified atom stereocenters. The third-order valence-corrected chi connectivity index (χ3v) is 2.37. The molecule has 1 aliphatic heterocycles. The van der Waals surface area contributed by atoms with Crippen molar-refractivity contribution in [2.24, 2.45) is 0 Å². The number of amides is 1. The molecular weight excluding hydrogens is 176 g/mol. The second-order valence-corrected chi connectivity index (χ2v) is 4.09. The summed E-state index contributed by atoms with van der Waals surface area (Å²) in [4.78, 5) is 11.2. The molecule has 2 N–H and O–H groups in total. The topological polar surface area (TPSA) is 41.1 Å². The molecule has 1 atom stereocenters. The number of rotatable bonds is 4. The van der Waals surface area contributed by atoms with E-state index in [1.54, 1.807) is 6.08 Å². The van der Waals surface area contributed by atoms with Crippen molar-refractivity contribution in [3.05, 3.63) is 11.6 Å². The van der Waals surface area contributed by atoms with E-state index in [4.69, 9.17) is 0 Å². The molecule has 0 saturated carbocycles. The highest BCUT2D eigenvalue weighted by Crippen LogP contribution is 2.07. The first-order chi connectivity index (χ1) is 6.68. The van der Waals surface area contributed by atoms with Crippen LogP contribution >= 0.6 is 0 Å². The average Bonchev–Trinajstić information content (AvgIpc) is 2.55. The van der Waals surface area contributed by atoms with E-state index in [1.807, 2.05) is 13.8 Å². The number of carbonyl (C=O) groups excluding carboxylic acids is 1. The lowest BCUT2D eigenvalue weighted by Gasteiger charge is -2.09. The number of hydrogen-bond donors (Lipinski definition) is 2. The van der Waals surface area contributed by atoms with E-state index in [9.17, 15) is 4.79 Å². The Labute approximate surface area is 86.0 Å². The lowest BCUT2D eigenvalue weighted by molar-refractivity contribution is -0.116. The van der Waals surface area contributed by atoms with Crippen LogP contribution in [0, 0.1) is 0 Å². The van der Waals surface area contributed by atoms with Crippen LogP contribution in [0.2, 0.25) is 0 Å². The monoisotopic (exact) mass is 196 g/mol. The van der Waals surface area contributed by atoms with Crippen LogP contribution in [0.25, 0.3) is 0 Å². The predicted molar refractivity (Wildman–Crippen MR) is 58.1 cm³/mol. The van der Waals surface area contributed by atoms with Gasteiger partial charge in [-0.15, -0.1) is 0 Å². The van der Waals surface area contributed by atoms with Crippen molar-refractivity contribution >= 4 is 5.91 Å². The van der Waals surface area contributed by atoms with Crippen LogP contribution in [0.4, 0.5) is 0 Å². The fourth-order valence-corrected chi connectivity index (χ4v) is 1.69. The maximum Gasteiger partial charge on any atom is 0.243 e. The summed E-state index contributed by atoms with van der Waals surface area (Å²) >= 11 is 0. The summed E-state index contributed by atoms with van der Waals surface area (Å²) in [6.07, 6.45) is 5.20. The fraction of sp³-hybridized carbons (Fsp3) is 0.727. The van der Waals surface area contributed by atoms with Crippen LogP contribution < -0.4 is 10.6 Å². The summed E-state index contributed by atoms with van der Waals surface area (Å²) in [5.74, 6) is 0.0306. The second kappa shape index (κ2) is 5.81. The van der Waals surface area contributed by atoms with Gasteiger partial charge < -0.3 is 10.6 Å². The van der Waals surface area contributed by atoms with Gasteiger partial charge in [0.1, 0.15) is 0 Å². The molecule has 1 rings (SSSR count). The van der Waals surface area contributed by atoms with Crippen LogP contribution in [0.3, 0.4) is 0 Å². The van der Waals surface area contributed by atoms with Crippen LogP contribution in [0.1, 0.15) is 33.1 Å². The minimum Gasteiger partial charge on any atom is -0.352 e. The number of allylic oxidation sites excluding steroid dienone is 1. The Bertz CT molecular complexity index is 213. The second-order valence-electron chi connectivity index (χ2n) is 4.09. The summed E-state index contributed by atoms with van der Waals surface area (Å²) in [6, 6.07) is 0.613. The van der Waals surface area contributed by atoms with Crippen molar-refractivity contribution in [1.82, 2.24) is 10.6 Å². The van der Waals surface area contributed by atoms with Crippen LogP contribution in [0.15, 0.2) is 11.6 Å². The molecule has 3 nitrogen and oxygen atoms in total. The Morgan fingerprint density at radius 1 is 1.57 bits per heavy atom. The Hall–Kier alpha value is -0.830. The maximum atomic E-state index is 11.2. The molecule has 0 aliphatic carbocycles. The highest BCUT2D eigenvalue weighted by Gasteiger charge is 2.12. The number of hydrogen-bond acceptors (Lipinski definition) is 2. The lowest BCUT2D eigenvalue weighted by Crippen LogP contribution is -2.29. The zero-order chi connectivity index (χ0) is 10.4. The summed E-state index contributed by atoms with van der Waals surface area (Å²) in [5, 5.41) is 6.29. The SMILES string of the molecule is CC(C)=CC(=O)NCC[C@H]1CCCN1. The van der Waals surface area contributed by atoms with Gasteiger partial charge in [-0.3, -0.25) is 4.79 Å². The van der Waals surface area contributed by atoms with Gasteiger partial charge in [-0.2, -0.15) is 0 Å². The first-order valence-corrected chi connectivity index (χ1v) is 5.34. The minimum atomic E-state index is 0.0306. The third-order valence-electron chi connectivity index (χ3n) is 2.37. The Balaban J connectivity index is 2.08. The van der Waals surface area contributed by atoms with E-state index in [0.29, 0.717) is 6.04 Å². The fourth-order valence-electron chi connectivity index (χ4n) is 1.69. The molecule has 0 aromatic carbocycles. The molecule has 1 saturated heterocycles. The number of carbonyl (C=O) groups is 1. The Morgan fingerprint density at radius 3 is 2.93 bits per heavy atom. The maximum absolute atomic E-state index is 11.2. The van der Waals surface area contributed by atoms with E-state index in [2.05, 4.69) is 10.6 Å². The molecule has 0 radical (unpaired) electrons. The van der Waals surface area contributed by atoms with Crippen molar-refractivity contribution in [3.8, 4) is 0 Å². The van der Waals surface area contributed by atoms with Gasteiger partial charge in [0.2, 0.25) is 5.91 Å². The van der Waals surface area contributed by atoms with E-state index < -0.39 is 0 Å². The highest BCUT2D eigenvalue weighted by atomic mass is 16.1. The normalized spacial score (nSPS) is 20.6. The van der Waals surface area contributed by atoms with E-state index >= 15 is 0 Å². The van der Waals surface area contributed by atoms with Gasteiger partial charge in [-0.25, -0.2) is 0 Å². The van der Waals surface area contributed by atoms with Gasteiger partial charge >= 0.3 is 0 Å². The molecule has 80 valence electrons. The molecule has 0 bridgehead atoms. The van der Waals surface area contributed by atoms with Gasteiger partial charge in [0.05, 0.1) is 0 Å². The Kier molecular flexibility index (Phi) is 4.66. The molecular formula is C11H20N2O. The molecule has 1 aliphatic rings. The standard InChI is InChI=1S/C11H20N2O/c1-9(2)8-11(14)13-7-5-10-4-3-6-12-10/h8,10,12H,3-7H2,1-2H3,(H,13,14)/t10-/m1/s1. The molecule has 0 aromatic rings. The first-order valence-electron chi connectivity index (χ1n) is 5.34. The van der Waals surface area contributed by atoms with Gasteiger partial charge in [-0.05, 0) is 39.7 Å². The molecule has 1 fully saturated rings. The van der Waals surface area contributed by atoms with E-state index in [1.165, 1.54) is 12.8 Å². The van der Waals surface area contributed by atoms with Crippen LogP contribution in [-0.4, -0.2) is 25.0 Å². The van der Waals surface area contributed by atoms with Crippen molar-refractivity contribution in [2.45, 2.75) is 39.2 Å². The van der Waals surface area contributed by atoms with E-state index in [-0.39, 0.29) is 5.91 Å². The molecule has 1 heterocycles. The van der Waals surface area contributed by atoms with Crippen LogP contribution in [0.5, 0.6) is 0 Å². The highest BCUT2D eigenvalue weighted by molar-refractivity contribution is 5.87. The minimum absolute atomic E-state index is 0.0306. The van der Waals surface area contributed by atoms with Gasteiger partial charge in [0.25, 0.3) is 0 Å². The summed E-state index contributed by atoms with van der Waals surface area (Å²) in [5.41, 5.74) is 1.04. The van der Waals surface area contributed by atoms with Crippen molar-refractivity contribution < 1.29 is 4.79 Å². The van der Waals surface area contributed by atoms with Crippen LogP contribution in [-0.2, 0) is 4.79 Å². The first kappa shape index (κ1) is 11.2. The summed E-state index contributed by atoms with van der Waals surface area (Å²) in [6.45, 7) is 5.77. The van der Waals surface area contributed by atoms with Crippen molar-refractivity contribution in [3.63, 3.8) is 0 Å². The summed E-state index contributed by atoms with van der Waals surface area (Å²) < 4.78 is 0. The van der Waals surface area contributed by atoms with Crippen molar-refractivity contribution in [2.75, 3.05) is 13.1 Å². The summed E-state index contributed by atoms with van der Waals surface area (Å²) in [7, 11) is 0. The van der Waals surface area contributed by atoms with E-state index in [0.717, 1.165) is 25.1 Å².